The summed E-state index contributed by atoms with van der Waals surface area (Å²) in [6, 6.07) is 0. The summed E-state index contributed by atoms with van der Waals surface area (Å²) in [4.78, 5) is 24.0. The molecule has 2 bridgehead atoms. The number of rotatable bonds is 8. The smallest absolute Gasteiger partial charge is 0.335 e. The summed E-state index contributed by atoms with van der Waals surface area (Å²) < 4.78 is 9.42. The van der Waals surface area contributed by atoms with Crippen LogP contribution in [0.2, 0.25) is 0 Å². The topological polar surface area (TPSA) is 93.1 Å². The number of aliphatic hydroxyl groups excluding tert-OH is 2. The molecule has 0 aromatic heterocycles. The van der Waals surface area contributed by atoms with E-state index in [0.29, 0.717) is 35.8 Å². The van der Waals surface area contributed by atoms with Crippen LogP contribution in [-0.2, 0) is 19.1 Å². The highest BCUT2D eigenvalue weighted by molar-refractivity contribution is 5.88. The number of hydrogen-bond acceptors (Lipinski definition) is 6. The maximum atomic E-state index is 12.0. The van der Waals surface area contributed by atoms with Gasteiger partial charge in [-0.15, -0.1) is 0 Å². The lowest BCUT2D eigenvalue weighted by atomic mass is 9.41. The number of esters is 2. The average molecular weight is 364 g/mol. The van der Waals surface area contributed by atoms with Crippen molar-refractivity contribution in [3.05, 3.63) is 24.3 Å². The van der Waals surface area contributed by atoms with Gasteiger partial charge in [-0.1, -0.05) is 13.2 Å². The van der Waals surface area contributed by atoms with E-state index in [0.717, 1.165) is 38.5 Å². The van der Waals surface area contributed by atoms with E-state index in [1.165, 1.54) is 0 Å². The Kier molecular flexibility index (Phi) is 5.26. The monoisotopic (exact) mass is 364 g/mol. The standard InChI is InChI=1S/C20H28O6/c1-13(17(23)25-11-21)8-19-5-3-15(10-19)7-16-4-6-20(16,19)9-14(2)18(24)26-12-22/h15-16,21-22H,1-12H2. The van der Waals surface area contributed by atoms with E-state index in [2.05, 4.69) is 13.2 Å². The van der Waals surface area contributed by atoms with Crippen LogP contribution in [0.4, 0.5) is 0 Å². The molecule has 0 radical (unpaired) electrons. The van der Waals surface area contributed by atoms with E-state index in [-0.39, 0.29) is 10.8 Å². The molecule has 3 aliphatic carbocycles. The number of hydrogen-bond donors (Lipinski definition) is 2. The zero-order valence-corrected chi connectivity index (χ0v) is 15.2. The summed E-state index contributed by atoms with van der Waals surface area (Å²) in [6.07, 6.45) is 7.52. The number of carbonyl (C=O) groups is 2. The van der Waals surface area contributed by atoms with Crippen LogP contribution in [0, 0.1) is 22.7 Å². The largest absolute Gasteiger partial charge is 0.435 e. The van der Waals surface area contributed by atoms with Crippen LogP contribution in [0.3, 0.4) is 0 Å². The Bertz CT molecular complexity index is 594. The lowest BCUT2D eigenvalue weighted by molar-refractivity contribution is -0.156. The molecule has 0 aliphatic heterocycles. The summed E-state index contributed by atoms with van der Waals surface area (Å²) in [7, 11) is 0. The Labute approximate surface area is 153 Å². The van der Waals surface area contributed by atoms with Gasteiger partial charge in [0.25, 0.3) is 0 Å². The minimum absolute atomic E-state index is 0.0754. The van der Waals surface area contributed by atoms with Crippen LogP contribution in [0.15, 0.2) is 24.3 Å². The van der Waals surface area contributed by atoms with Gasteiger partial charge in [-0.25, -0.2) is 9.59 Å². The fourth-order valence-corrected chi connectivity index (χ4v) is 6.04. The number of ether oxygens (including phenoxy) is 2. The molecule has 0 aromatic carbocycles. The quantitative estimate of drug-likeness (QED) is 0.390. The van der Waals surface area contributed by atoms with Crippen LogP contribution in [0.5, 0.6) is 0 Å². The Morgan fingerprint density at radius 2 is 1.58 bits per heavy atom. The van der Waals surface area contributed by atoms with E-state index in [1.54, 1.807) is 0 Å². The van der Waals surface area contributed by atoms with Gasteiger partial charge in [0.05, 0.1) is 0 Å². The Morgan fingerprint density at radius 3 is 2.12 bits per heavy atom. The molecule has 3 fully saturated rings. The molecule has 144 valence electrons. The molecular weight excluding hydrogens is 336 g/mol. The van der Waals surface area contributed by atoms with Crippen LogP contribution < -0.4 is 0 Å². The lowest BCUT2D eigenvalue weighted by Crippen LogP contribution is -2.55. The Balaban J connectivity index is 1.83. The van der Waals surface area contributed by atoms with Crippen LogP contribution >= 0.6 is 0 Å². The first kappa shape index (κ1) is 19.1. The molecular formula is C20H28O6. The van der Waals surface area contributed by atoms with Crippen molar-refractivity contribution in [1.29, 1.82) is 0 Å². The fourth-order valence-electron chi connectivity index (χ4n) is 6.04. The maximum Gasteiger partial charge on any atom is 0.335 e. The van der Waals surface area contributed by atoms with Crippen molar-refractivity contribution in [3.8, 4) is 0 Å². The second-order valence-corrected chi connectivity index (χ2v) is 8.20. The summed E-state index contributed by atoms with van der Waals surface area (Å²) in [5.41, 5.74) is 0.605. The summed E-state index contributed by atoms with van der Waals surface area (Å²) in [6.45, 7) is 6.51. The third kappa shape index (κ3) is 2.99. The molecule has 3 saturated carbocycles. The zero-order valence-electron chi connectivity index (χ0n) is 15.2. The van der Waals surface area contributed by atoms with Gasteiger partial charge >= 0.3 is 11.9 Å². The average Bonchev–Trinajstić information content (AvgIpc) is 2.97. The van der Waals surface area contributed by atoms with E-state index >= 15 is 0 Å². The zero-order chi connectivity index (χ0) is 18.9. The van der Waals surface area contributed by atoms with Gasteiger partial charge < -0.3 is 19.7 Å². The van der Waals surface area contributed by atoms with Crippen molar-refractivity contribution in [2.45, 2.75) is 51.4 Å². The van der Waals surface area contributed by atoms with Crippen molar-refractivity contribution in [1.82, 2.24) is 0 Å². The van der Waals surface area contributed by atoms with E-state index in [9.17, 15) is 9.59 Å². The molecule has 2 N–H and O–H groups in total. The number of fused-ring (bicyclic) bond motifs is 4. The highest BCUT2D eigenvalue weighted by Gasteiger charge is 2.65. The molecule has 0 spiro atoms. The van der Waals surface area contributed by atoms with Gasteiger partial charge in [0.1, 0.15) is 0 Å². The highest BCUT2D eigenvalue weighted by atomic mass is 16.6. The minimum atomic E-state index is -0.648. The second kappa shape index (κ2) is 7.16. The lowest BCUT2D eigenvalue weighted by Gasteiger charge is -2.63. The number of carbonyl (C=O) groups excluding carboxylic acids is 2. The molecule has 0 saturated heterocycles. The third-order valence-electron chi connectivity index (χ3n) is 7.15. The predicted molar refractivity (Wildman–Crippen MR) is 93.4 cm³/mol. The molecule has 0 aromatic rings. The SMILES string of the molecule is C=C(CC12CCC(CC3CCC31CC(=C)C(=O)OCO)C2)C(=O)OCO. The van der Waals surface area contributed by atoms with Gasteiger partial charge in [-0.3, -0.25) is 0 Å². The van der Waals surface area contributed by atoms with Crippen molar-refractivity contribution in [2.75, 3.05) is 13.6 Å². The van der Waals surface area contributed by atoms with Crippen molar-refractivity contribution in [2.24, 2.45) is 22.7 Å². The summed E-state index contributed by atoms with van der Waals surface area (Å²) in [5, 5.41) is 17.7. The summed E-state index contributed by atoms with van der Waals surface area (Å²) >= 11 is 0. The van der Waals surface area contributed by atoms with E-state index in [1.807, 2.05) is 0 Å². The molecule has 4 atom stereocenters. The molecule has 4 unspecified atom stereocenters. The van der Waals surface area contributed by atoms with Crippen molar-refractivity contribution >= 4 is 11.9 Å². The molecule has 26 heavy (non-hydrogen) atoms. The van der Waals surface area contributed by atoms with Crippen LogP contribution in [0.25, 0.3) is 0 Å². The third-order valence-corrected chi connectivity index (χ3v) is 7.15. The van der Waals surface area contributed by atoms with Crippen molar-refractivity contribution < 1.29 is 29.3 Å². The van der Waals surface area contributed by atoms with E-state index < -0.39 is 25.5 Å². The molecule has 3 aliphatic rings. The fraction of sp³-hybridized carbons (Fsp3) is 0.700. The Hall–Kier alpha value is -1.66. The second-order valence-electron chi connectivity index (χ2n) is 8.20. The minimum Gasteiger partial charge on any atom is -0.435 e. The summed E-state index contributed by atoms with van der Waals surface area (Å²) in [5.74, 6) is 0.0681. The van der Waals surface area contributed by atoms with Crippen molar-refractivity contribution in [3.63, 3.8) is 0 Å². The molecule has 0 heterocycles. The number of aliphatic hydroxyl groups is 2. The first-order valence-corrected chi connectivity index (χ1v) is 9.29. The van der Waals surface area contributed by atoms with Gasteiger partial charge in [0.15, 0.2) is 13.6 Å². The van der Waals surface area contributed by atoms with Crippen LogP contribution in [0.1, 0.15) is 51.4 Å². The van der Waals surface area contributed by atoms with E-state index in [4.69, 9.17) is 19.7 Å². The molecule has 6 heteroatoms. The molecule has 6 nitrogen and oxygen atoms in total. The molecule has 3 rings (SSSR count). The predicted octanol–water partition coefficient (Wildman–Crippen LogP) is 2.45. The first-order chi connectivity index (χ1) is 12.4. The van der Waals surface area contributed by atoms with Gasteiger partial charge in [-0.2, -0.15) is 0 Å². The van der Waals surface area contributed by atoms with Crippen LogP contribution in [-0.4, -0.2) is 35.7 Å². The first-order valence-electron chi connectivity index (χ1n) is 9.29. The maximum absolute atomic E-state index is 12.0. The molecule has 0 amide bonds. The Morgan fingerprint density at radius 1 is 0.962 bits per heavy atom. The highest BCUT2D eigenvalue weighted by Crippen LogP contribution is 2.74. The normalized spacial score (nSPS) is 34.4. The van der Waals surface area contributed by atoms with Gasteiger partial charge in [0.2, 0.25) is 0 Å². The van der Waals surface area contributed by atoms with Gasteiger partial charge in [-0.05, 0) is 74.0 Å². The van der Waals surface area contributed by atoms with Gasteiger partial charge in [0, 0.05) is 11.1 Å².